The first kappa shape index (κ1) is 19.6. The number of nitrogens with two attached hydrogens (primary N) is 1. The van der Waals surface area contributed by atoms with Crippen molar-refractivity contribution >= 4 is 63.6 Å². The monoisotopic (exact) mass is 421 g/mol. The van der Waals surface area contributed by atoms with Gasteiger partial charge in [-0.3, -0.25) is 14.9 Å². The van der Waals surface area contributed by atoms with E-state index in [0.717, 1.165) is 0 Å². The number of carbonyl (C=O) groups is 2. The molecule has 0 unspecified atom stereocenters. The van der Waals surface area contributed by atoms with Gasteiger partial charge in [0.2, 0.25) is 5.91 Å². The second-order valence-corrected chi connectivity index (χ2v) is 8.09. The van der Waals surface area contributed by atoms with Crippen LogP contribution in [0.2, 0.25) is 10.0 Å². The van der Waals surface area contributed by atoms with Crippen LogP contribution in [0.3, 0.4) is 0 Å². The van der Waals surface area contributed by atoms with Crippen LogP contribution >= 0.6 is 35.4 Å². The summed E-state index contributed by atoms with van der Waals surface area (Å²) in [6.07, 6.45) is 0.320. The highest BCUT2D eigenvalue weighted by Crippen LogP contribution is 2.37. The van der Waals surface area contributed by atoms with E-state index in [0.29, 0.717) is 38.3 Å². The summed E-state index contributed by atoms with van der Waals surface area (Å²) in [6, 6.07) is 8.66. The number of anilines is 2. The molecule has 0 saturated heterocycles. The fourth-order valence-corrected chi connectivity index (χ4v) is 3.78. The van der Waals surface area contributed by atoms with E-state index in [9.17, 15) is 9.59 Å². The van der Waals surface area contributed by atoms with E-state index in [1.807, 2.05) is 0 Å². The molecule has 0 aliphatic carbocycles. The number of halogens is 2. The third kappa shape index (κ3) is 3.52. The lowest BCUT2D eigenvalue weighted by molar-refractivity contribution is -0.125. The average molecular weight is 422 g/mol. The topological polar surface area (TPSA) is 84.2 Å². The van der Waals surface area contributed by atoms with Gasteiger partial charge in [-0.15, -0.1) is 0 Å². The van der Waals surface area contributed by atoms with E-state index in [1.165, 1.54) is 0 Å². The fourth-order valence-electron chi connectivity index (χ4n) is 2.99. The van der Waals surface area contributed by atoms with Gasteiger partial charge in [-0.2, -0.15) is 0 Å². The molecule has 1 aliphatic heterocycles. The van der Waals surface area contributed by atoms with E-state index < -0.39 is 11.3 Å². The molecular formula is C19H17Cl2N3O2S. The molecule has 2 amide bonds. The summed E-state index contributed by atoms with van der Waals surface area (Å²) in [6.45, 7) is 3.48. The fraction of sp³-hybridized carbons (Fsp3) is 0.211. The molecule has 4 N–H and O–H groups in total. The summed E-state index contributed by atoms with van der Waals surface area (Å²) in [5.41, 5.74) is 7.65. The highest BCUT2D eigenvalue weighted by molar-refractivity contribution is 7.80. The molecule has 0 bridgehead atoms. The smallest absolute Gasteiger partial charge is 0.260 e. The van der Waals surface area contributed by atoms with Crippen molar-refractivity contribution in [2.24, 2.45) is 0 Å². The first-order valence-corrected chi connectivity index (χ1v) is 9.30. The Morgan fingerprint density at radius 1 is 1.19 bits per heavy atom. The molecule has 140 valence electrons. The van der Waals surface area contributed by atoms with Crippen molar-refractivity contribution in [3.63, 3.8) is 0 Å². The van der Waals surface area contributed by atoms with Gasteiger partial charge < -0.3 is 11.1 Å². The van der Waals surface area contributed by atoms with Gasteiger partial charge >= 0.3 is 0 Å². The first-order valence-electron chi connectivity index (χ1n) is 8.14. The second kappa shape index (κ2) is 7.11. The van der Waals surface area contributed by atoms with Gasteiger partial charge in [-0.1, -0.05) is 47.6 Å². The third-order valence-electron chi connectivity index (χ3n) is 4.61. The van der Waals surface area contributed by atoms with Crippen LogP contribution in [0.25, 0.3) is 0 Å². The van der Waals surface area contributed by atoms with Gasteiger partial charge in [0.25, 0.3) is 5.91 Å². The molecule has 1 heterocycles. The minimum absolute atomic E-state index is 0.234. The summed E-state index contributed by atoms with van der Waals surface area (Å²) >= 11 is 17.8. The maximum absolute atomic E-state index is 12.3. The maximum Gasteiger partial charge on any atom is 0.260 e. The molecule has 2 aromatic carbocycles. The Hall–Kier alpha value is -2.15. The Labute approximate surface area is 172 Å². The zero-order valence-electron chi connectivity index (χ0n) is 14.7. The highest BCUT2D eigenvalue weighted by Gasteiger charge is 2.40. The van der Waals surface area contributed by atoms with Crippen molar-refractivity contribution in [2.45, 2.75) is 25.7 Å². The minimum atomic E-state index is -0.860. The minimum Gasteiger partial charge on any atom is -0.396 e. The van der Waals surface area contributed by atoms with Crippen LogP contribution in [-0.2, 0) is 16.6 Å². The molecule has 0 saturated carbocycles. The van der Waals surface area contributed by atoms with E-state index in [4.69, 9.17) is 41.2 Å². The normalized spacial score (nSPS) is 15.1. The van der Waals surface area contributed by atoms with Crippen LogP contribution in [0.15, 0.2) is 30.3 Å². The number of nitrogen functional groups attached to an aromatic ring is 1. The predicted molar refractivity (Wildman–Crippen MR) is 113 cm³/mol. The highest BCUT2D eigenvalue weighted by atomic mass is 35.5. The number of carbonyl (C=O) groups excluding carboxylic acids is 2. The van der Waals surface area contributed by atoms with Crippen molar-refractivity contribution in [3.05, 3.63) is 57.1 Å². The third-order valence-corrected chi connectivity index (χ3v) is 5.57. The van der Waals surface area contributed by atoms with Crippen molar-refractivity contribution in [1.29, 1.82) is 0 Å². The van der Waals surface area contributed by atoms with Crippen LogP contribution in [0.4, 0.5) is 11.4 Å². The van der Waals surface area contributed by atoms with E-state index in [2.05, 4.69) is 10.6 Å². The maximum atomic E-state index is 12.3. The molecular weight excluding hydrogens is 405 g/mol. The summed E-state index contributed by atoms with van der Waals surface area (Å²) in [7, 11) is 0. The van der Waals surface area contributed by atoms with Gasteiger partial charge in [-0.25, -0.2) is 0 Å². The van der Waals surface area contributed by atoms with Gasteiger partial charge in [0.1, 0.15) is 0 Å². The quantitative estimate of drug-likeness (QED) is 0.394. The molecule has 3 rings (SSSR count). The molecule has 1 aliphatic rings. The second-order valence-electron chi connectivity index (χ2n) is 6.78. The molecule has 0 aromatic heterocycles. The van der Waals surface area contributed by atoms with Crippen LogP contribution in [-0.4, -0.2) is 16.8 Å². The van der Waals surface area contributed by atoms with Crippen LogP contribution in [0.1, 0.15) is 35.3 Å². The van der Waals surface area contributed by atoms with Crippen LogP contribution in [0.5, 0.6) is 0 Å². The molecule has 0 spiro atoms. The number of hydrogen-bond acceptors (Lipinski definition) is 4. The molecule has 0 fully saturated rings. The SMILES string of the molecule is CC1(C)C(=O)NC(=O)c2c1ccc(NC(=S)Cc1c(Cl)cccc1Cl)c2N. The number of amides is 2. The Morgan fingerprint density at radius 3 is 2.44 bits per heavy atom. The van der Waals surface area contributed by atoms with Crippen LogP contribution < -0.4 is 16.4 Å². The van der Waals surface area contributed by atoms with Crippen molar-refractivity contribution in [1.82, 2.24) is 5.32 Å². The zero-order valence-corrected chi connectivity index (χ0v) is 17.0. The first-order chi connectivity index (χ1) is 12.6. The summed E-state index contributed by atoms with van der Waals surface area (Å²) in [5, 5.41) is 6.43. The number of fused-ring (bicyclic) bond motifs is 1. The van der Waals surface area contributed by atoms with Crippen molar-refractivity contribution in [3.8, 4) is 0 Å². The van der Waals surface area contributed by atoms with Crippen molar-refractivity contribution < 1.29 is 9.59 Å². The average Bonchev–Trinajstić information content (AvgIpc) is 2.58. The lowest BCUT2D eigenvalue weighted by atomic mass is 9.77. The Kier molecular flexibility index (Phi) is 5.16. The molecule has 0 radical (unpaired) electrons. The number of hydrogen-bond donors (Lipinski definition) is 3. The van der Waals surface area contributed by atoms with Gasteiger partial charge in [-0.05, 0) is 43.2 Å². The molecule has 5 nitrogen and oxygen atoms in total. The molecule has 8 heteroatoms. The summed E-state index contributed by atoms with van der Waals surface area (Å²) in [5.74, 6) is -0.875. The van der Waals surface area contributed by atoms with Crippen molar-refractivity contribution in [2.75, 3.05) is 11.1 Å². The van der Waals surface area contributed by atoms with E-state index in [-0.39, 0.29) is 17.2 Å². The van der Waals surface area contributed by atoms with Gasteiger partial charge in [0.15, 0.2) is 0 Å². The standard InChI is InChI=1S/C19H17Cl2N3O2S/c1-19(2)10-6-7-13(16(22)15(10)17(25)24-18(19)26)23-14(27)8-9-11(20)4-3-5-12(9)21/h3-7H,8,22H2,1-2H3,(H,23,27)(H,24,25,26). The molecule has 27 heavy (non-hydrogen) atoms. The predicted octanol–water partition coefficient (Wildman–Crippen LogP) is 4.11. The van der Waals surface area contributed by atoms with Gasteiger partial charge in [0, 0.05) is 16.5 Å². The largest absolute Gasteiger partial charge is 0.396 e. The van der Waals surface area contributed by atoms with Gasteiger partial charge in [0.05, 0.1) is 27.3 Å². The number of rotatable bonds is 3. The van der Waals surface area contributed by atoms with E-state index >= 15 is 0 Å². The number of benzene rings is 2. The lowest BCUT2D eigenvalue weighted by Crippen LogP contribution is -2.49. The number of imide groups is 1. The van der Waals surface area contributed by atoms with E-state index in [1.54, 1.807) is 44.2 Å². The number of nitrogens with one attached hydrogen (secondary N) is 2. The Balaban J connectivity index is 1.91. The zero-order chi connectivity index (χ0) is 19.9. The summed E-state index contributed by atoms with van der Waals surface area (Å²) < 4.78 is 0. The van der Waals surface area contributed by atoms with Crippen LogP contribution in [0, 0.1) is 0 Å². The molecule has 0 atom stereocenters. The Morgan fingerprint density at radius 2 is 1.81 bits per heavy atom. The Bertz CT molecular complexity index is 969. The lowest BCUT2D eigenvalue weighted by Gasteiger charge is -2.31. The number of thiocarbonyl (C=S) groups is 1. The summed E-state index contributed by atoms with van der Waals surface area (Å²) in [4.78, 5) is 24.9. The molecule has 2 aromatic rings.